The Morgan fingerprint density at radius 3 is 2.48 bits per heavy atom. The molecular weight excluding hydrogens is 290 g/mol. The van der Waals surface area contributed by atoms with Crippen LogP contribution in [0.15, 0.2) is 18.2 Å². The molecule has 0 saturated heterocycles. The standard InChI is InChI=1S/C14H17F4NO2/c1-3-6-13(2,21)8-19-12(20)9-4-5-11(15)10(7-9)14(16,17)18/h4-5,7,21H,3,6,8H2,1-2H3,(H,19,20). The van der Waals surface area contributed by atoms with Gasteiger partial charge in [-0.15, -0.1) is 0 Å². The summed E-state index contributed by atoms with van der Waals surface area (Å²) in [7, 11) is 0. The maximum Gasteiger partial charge on any atom is 0.419 e. The van der Waals surface area contributed by atoms with E-state index in [0.29, 0.717) is 25.0 Å². The summed E-state index contributed by atoms with van der Waals surface area (Å²) in [4.78, 5) is 11.8. The zero-order valence-corrected chi connectivity index (χ0v) is 11.7. The first-order valence-corrected chi connectivity index (χ1v) is 6.44. The maximum atomic E-state index is 13.1. The van der Waals surface area contributed by atoms with Crippen LogP contribution in [0.4, 0.5) is 17.6 Å². The number of carbonyl (C=O) groups excluding carboxylic acids is 1. The van der Waals surface area contributed by atoms with E-state index < -0.39 is 29.1 Å². The van der Waals surface area contributed by atoms with Gasteiger partial charge < -0.3 is 10.4 Å². The van der Waals surface area contributed by atoms with E-state index in [1.54, 1.807) is 0 Å². The number of benzene rings is 1. The van der Waals surface area contributed by atoms with Crippen molar-refractivity contribution in [1.29, 1.82) is 0 Å². The van der Waals surface area contributed by atoms with Gasteiger partial charge in [-0.25, -0.2) is 4.39 Å². The predicted molar refractivity (Wildman–Crippen MR) is 69.3 cm³/mol. The van der Waals surface area contributed by atoms with E-state index in [1.807, 2.05) is 6.92 Å². The number of halogens is 4. The SMILES string of the molecule is CCCC(C)(O)CNC(=O)c1ccc(F)c(C(F)(F)F)c1. The summed E-state index contributed by atoms with van der Waals surface area (Å²) in [6.45, 7) is 3.27. The van der Waals surface area contributed by atoms with Gasteiger partial charge in [0, 0.05) is 12.1 Å². The zero-order chi connectivity index (χ0) is 16.3. The second kappa shape index (κ2) is 6.43. The van der Waals surface area contributed by atoms with E-state index in [0.717, 1.165) is 6.07 Å². The third-order valence-corrected chi connectivity index (χ3v) is 2.95. The van der Waals surface area contributed by atoms with Gasteiger partial charge in [0.2, 0.25) is 0 Å². The minimum Gasteiger partial charge on any atom is -0.388 e. The largest absolute Gasteiger partial charge is 0.419 e. The van der Waals surface area contributed by atoms with Crippen LogP contribution in [0.1, 0.15) is 42.6 Å². The molecule has 0 radical (unpaired) electrons. The minimum atomic E-state index is -4.87. The number of hydrogen-bond acceptors (Lipinski definition) is 2. The van der Waals surface area contributed by atoms with Crippen LogP contribution < -0.4 is 5.32 Å². The molecule has 1 rings (SSSR count). The molecule has 0 heterocycles. The highest BCUT2D eigenvalue weighted by Gasteiger charge is 2.34. The Bertz CT molecular complexity index is 512. The second-order valence-electron chi connectivity index (χ2n) is 5.12. The van der Waals surface area contributed by atoms with E-state index >= 15 is 0 Å². The molecule has 0 spiro atoms. The predicted octanol–water partition coefficient (Wildman–Crippen LogP) is 3.13. The molecule has 7 heteroatoms. The number of rotatable bonds is 5. The fourth-order valence-corrected chi connectivity index (χ4v) is 1.88. The van der Waals surface area contributed by atoms with Crippen molar-refractivity contribution in [2.24, 2.45) is 0 Å². The molecule has 0 bridgehead atoms. The maximum absolute atomic E-state index is 13.1. The molecule has 1 amide bonds. The number of nitrogens with one attached hydrogen (secondary N) is 1. The number of alkyl halides is 3. The Kier molecular flexibility index (Phi) is 5.33. The molecule has 0 saturated carbocycles. The molecule has 3 nitrogen and oxygen atoms in total. The van der Waals surface area contributed by atoms with Gasteiger partial charge >= 0.3 is 6.18 Å². The molecule has 1 atom stereocenters. The van der Waals surface area contributed by atoms with Gasteiger partial charge in [-0.2, -0.15) is 13.2 Å². The van der Waals surface area contributed by atoms with Crippen molar-refractivity contribution in [3.05, 3.63) is 35.1 Å². The molecule has 0 fully saturated rings. The molecule has 118 valence electrons. The van der Waals surface area contributed by atoms with Gasteiger partial charge in [-0.3, -0.25) is 4.79 Å². The normalized spacial score (nSPS) is 14.6. The van der Waals surface area contributed by atoms with Gasteiger partial charge in [0.15, 0.2) is 0 Å². The van der Waals surface area contributed by atoms with E-state index in [9.17, 15) is 27.5 Å². The summed E-state index contributed by atoms with van der Waals surface area (Å²) in [5.41, 5.74) is -2.94. The average molecular weight is 307 g/mol. The van der Waals surface area contributed by atoms with Gasteiger partial charge in [-0.05, 0) is 31.5 Å². The van der Waals surface area contributed by atoms with Crippen molar-refractivity contribution in [3.63, 3.8) is 0 Å². The molecule has 2 N–H and O–H groups in total. The van der Waals surface area contributed by atoms with Crippen molar-refractivity contribution >= 4 is 5.91 Å². The lowest BCUT2D eigenvalue weighted by Gasteiger charge is -2.23. The summed E-state index contributed by atoms with van der Waals surface area (Å²) in [5, 5.41) is 12.2. The molecular formula is C14H17F4NO2. The van der Waals surface area contributed by atoms with Gasteiger partial charge in [0.25, 0.3) is 5.91 Å². The van der Waals surface area contributed by atoms with Crippen LogP contribution in [0, 0.1) is 5.82 Å². The fourth-order valence-electron chi connectivity index (χ4n) is 1.88. The van der Waals surface area contributed by atoms with E-state index in [1.165, 1.54) is 6.92 Å². The molecule has 21 heavy (non-hydrogen) atoms. The highest BCUT2D eigenvalue weighted by molar-refractivity contribution is 5.94. The summed E-state index contributed by atoms with van der Waals surface area (Å²) in [6, 6.07) is 2.02. The third-order valence-electron chi connectivity index (χ3n) is 2.95. The molecule has 0 aliphatic rings. The number of amides is 1. The number of aliphatic hydroxyl groups is 1. The van der Waals surface area contributed by atoms with Crippen LogP contribution in [0.5, 0.6) is 0 Å². The lowest BCUT2D eigenvalue weighted by molar-refractivity contribution is -0.140. The van der Waals surface area contributed by atoms with Crippen LogP contribution in [-0.2, 0) is 6.18 Å². The van der Waals surface area contributed by atoms with Crippen molar-refractivity contribution in [2.75, 3.05) is 6.54 Å². The zero-order valence-electron chi connectivity index (χ0n) is 11.7. The monoisotopic (exact) mass is 307 g/mol. The van der Waals surface area contributed by atoms with Gasteiger partial charge in [-0.1, -0.05) is 13.3 Å². The van der Waals surface area contributed by atoms with Crippen LogP contribution in [0.25, 0.3) is 0 Å². The van der Waals surface area contributed by atoms with Crippen molar-refractivity contribution < 1.29 is 27.5 Å². The van der Waals surface area contributed by atoms with Crippen molar-refractivity contribution in [1.82, 2.24) is 5.32 Å². The van der Waals surface area contributed by atoms with E-state index in [-0.39, 0.29) is 12.1 Å². The number of hydrogen-bond donors (Lipinski definition) is 2. The first-order chi connectivity index (χ1) is 9.57. The van der Waals surface area contributed by atoms with Crippen LogP contribution in [0.3, 0.4) is 0 Å². The molecule has 1 aromatic carbocycles. The first-order valence-electron chi connectivity index (χ1n) is 6.44. The summed E-state index contributed by atoms with van der Waals surface area (Å²) < 4.78 is 50.8. The summed E-state index contributed by atoms with van der Waals surface area (Å²) >= 11 is 0. The highest BCUT2D eigenvalue weighted by Crippen LogP contribution is 2.31. The Morgan fingerprint density at radius 1 is 1.33 bits per heavy atom. The highest BCUT2D eigenvalue weighted by atomic mass is 19.4. The Morgan fingerprint density at radius 2 is 1.95 bits per heavy atom. The summed E-state index contributed by atoms with van der Waals surface area (Å²) in [6.07, 6.45) is -3.74. The molecule has 0 aliphatic carbocycles. The lowest BCUT2D eigenvalue weighted by Crippen LogP contribution is -2.40. The summed E-state index contributed by atoms with van der Waals surface area (Å²) in [5.74, 6) is -2.23. The lowest BCUT2D eigenvalue weighted by atomic mass is 10.0. The van der Waals surface area contributed by atoms with Crippen LogP contribution in [0.2, 0.25) is 0 Å². The average Bonchev–Trinajstić information content (AvgIpc) is 2.35. The molecule has 1 unspecified atom stereocenters. The quantitative estimate of drug-likeness (QED) is 0.821. The smallest absolute Gasteiger partial charge is 0.388 e. The molecule has 0 aliphatic heterocycles. The van der Waals surface area contributed by atoms with Gasteiger partial charge in [0.1, 0.15) is 5.82 Å². The Labute approximate surface area is 120 Å². The van der Waals surface area contributed by atoms with Crippen molar-refractivity contribution in [3.8, 4) is 0 Å². The Balaban J connectivity index is 2.85. The topological polar surface area (TPSA) is 49.3 Å². The third kappa shape index (κ3) is 5.00. The second-order valence-corrected chi connectivity index (χ2v) is 5.12. The minimum absolute atomic E-state index is 0.0988. The number of carbonyl (C=O) groups is 1. The van der Waals surface area contributed by atoms with E-state index in [2.05, 4.69) is 5.32 Å². The van der Waals surface area contributed by atoms with Crippen molar-refractivity contribution in [2.45, 2.75) is 38.5 Å². The fraction of sp³-hybridized carbons (Fsp3) is 0.500. The molecule has 1 aromatic rings. The van der Waals surface area contributed by atoms with E-state index in [4.69, 9.17) is 0 Å². The molecule has 0 aromatic heterocycles. The van der Waals surface area contributed by atoms with Gasteiger partial charge in [0.05, 0.1) is 11.2 Å². The van der Waals surface area contributed by atoms with Crippen LogP contribution in [-0.4, -0.2) is 23.2 Å². The first kappa shape index (κ1) is 17.4. The Hall–Kier alpha value is -1.63. The van der Waals surface area contributed by atoms with Crippen LogP contribution >= 0.6 is 0 Å².